The molecule has 10 heteroatoms. The monoisotopic (exact) mass is 385 g/mol. The van der Waals surface area contributed by atoms with Crippen LogP contribution >= 0.6 is 0 Å². The van der Waals surface area contributed by atoms with Crippen LogP contribution in [0.3, 0.4) is 0 Å². The van der Waals surface area contributed by atoms with Crippen LogP contribution in [0.2, 0.25) is 0 Å². The highest BCUT2D eigenvalue weighted by Crippen LogP contribution is 2.20. The van der Waals surface area contributed by atoms with Crippen molar-refractivity contribution in [2.75, 3.05) is 53.6 Å². The largest absolute Gasteiger partial charge is 0.497 e. The third-order valence-corrected chi connectivity index (χ3v) is 5.80. The first-order valence-electron chi connectivity index (χ1n) is 8.06. The number of methoxy groups -OCH3 is 2. The van der Waals surface area contributed by atoms with Crippen LogP contribution < -0.4 is 10.1 Å². The summed E-state index contributed by atoms with van der Waals surface area (Å²) in [5.41, 5.74) is 0. The number of hydrogen-bond donors (Lipinski definition) is 1. The minimum absolute atomic E-state index is 0.0943. The van der Waals surface area contributed by atoms with Crippen LogP contribution in [-0.4, -0.2) is 83.0 Å². The van der Waals surface area contributed by atoms with Crippen LogP contribution in [0.1, 0.15) is 0 Å². The molecule has 1 fully saturated rings. The number of amides is 2. The summed E-state index contributed by atoms with van der Waals surface area (Å²) in [5, 5.41) is 2.63. The molecule has 26 heavy (non-hydrogen) atoms. The van der Waals surface area contributed by atoms with Crippen LogP contribution in [0.4, 0.5) is 0 Å². The van der Waals surface area contributed by atoms with Crippen molar-refractivity contribution >= 4 is 21.8 Å². The van der Waals surface area contributed by atoms with E-state index in [-0.39, 0.29) is 37.0 Å². The minimum atomic E-state index is -3.78. The maximum Gasteiger partial charge on any atom is 0.243 e. The maximum absolute atomic E-state index is 12.7. The van der Waals surface area contributed by atoms with Crippen LogP contribution in [-0.2, 0) is 24.3 Å². The predicted molar refractivity (Wildman–Crippen MR) is 93.2 cm³/mol. The standard InChI is InChI=1S/C16H23N3O6S/c1-24-10-7-17-15(20)11-18-8-9-19(12-16(18)21)26(22,23)14-5-3-13(25-2)4-6-14/h3-6H,7-12H2,1-2H3,(H,17,20). The first-order valence-corrected chi connectivity index (χ1v) is 9.50. The van der Waals surface area contributed by atoms with E-state index in [2.05, 4.69) is 5.32 Å². The van der Waals surface area contributed by atoms with Crippen molar-refractivity contribution in [3.8, 4) is 5.75 Å². The lowest BCUT2D eigenvalue weighted by Crippen LogP contribution is -2.54. The van der Waals surface area contributed by atoms with Gasteiger partial charge in [0.2, 0.25) is 21.8 Å². The Bertz CT molecular complexity index is 735. The quantitative estimate of drug-likeness (QED) is 0.593. The van der Waals surface area contributed by atoms with Gasteiger partial charge in [0.1, 0.15) is 5.75 Å². The van der Waals surface area contributed by atoms with E-state index in [1.807, 2.05) is 0 Å². The Morgan fingerprint density at radius 3 is 2.46 bits per heavy atom. The number of hydrogen-bond acceptors (Lipinski definition) is 6. The van der Waals surface area contributed by atoms with Crippen molar-refractivity contribution in [2.45, 2.75) is 4.90 Å². The second kappa shape index (κ2) is 8.97. The lowest BCUT2D eigenvalue weighted by molar-refractivity contribution is -0.138. The fourth-order valence-electron chi connectivity index (χ4n) is 2.48. The Morgan fingerprint density at radius 1 is 1.19 bits per heavy atom. The minimum Gasteiger partial charge on any atom is -0.497 e. The van der Waals surface area contributed by atoms with E-state index in [9.17, 15) is 18.0 Å². The Labute approximate surface area is 152 Å². The maximum atomic E-state index is 12.7. The second-order valence-corrected chi connectivity index (χ2v) is 7.61. The molecule has 0 spiro atoms. The molecule has 1 aliphatic rings. The summed E-state index contributed by atoms with van der Waals surface area (Å²) >= 11 is 0. The molecule has 1 heterocycles. The summed E-state index contributed by atoms with van der Waals surface area (Å²) in [6.45, 7) is 0.638. The van der Waals surface area contributed by atoms with Crippen molar-refractivity contribution < 1.29 is 27.5 Å². The van der Waals surface area contributed by atoms with E-state index in [1.54, 1.807) is 12.1 Å². The number of carbonyl (C=O) groups is 2. The molecular weight excluding hydrogens is 362 g/mol. The number of ether oxygens (including phenoxy) is 2. The van der Waals surface area contributed by atoms with Gasteiger partial charge in [0.05, 0.1) is 31.7 Å². The van der Waals surface area contributed by atoms with Crippen molar-refractivity contribution in [3.63, 3.8) is 0 Å². The SMILES string of the molecule is COCCNC(=O)CN1CCN(S(=O)(=O)c2ccc(OC)cc2)CC1=O. The molecule has 1 N–H and O–H groups in total. The lowest BCUT2D eigenvalue weighted by Gasteiger charge is -2.33. The van der Waals surface area contributed by atoms with Gasteiger partial charge in [0, 0.05) is 26.7 Å². The van der Waals surface area contributed by atoms with E-state index in [4.69, 9.17) is 9.47 Å². The number of rotatable bonds is 8. The molecule has 1 aliphatic heterocycles. The molecule has 0 aliphatic carbocycles. The summed E-state index contributed by atoms with van der Waals surface area (Å²) in [5.74, 6) is -0.165. The molecule has 0 aromatic heterocycles. The molecule has 9 nitrogen and oxygen atoms in total. The van der Waals surface area contributed by atoms with Gasteiger partial charge in [0.15, 0.2) is 0 Å². The Hall–Kier alpha value is -2.17. The third-order valence-electron chi connectivity index (χ3n) is 3.94. The van der Waals surface area contributed by atoms with Crippen molar-refractivity contribution in [3.05, 3.63) is 24.3 Å². The number of nitrogens with one attached hydrogen (secondary N) is 1. The van der Waals surface area contributed by atoms with Crippen molar-refractivity contribution in [2.24, 2.45) is 0 Å². The Balaban J connectivity index is 1.96. The molecule has 0 bridgehead atoms. The average Bonchev–Trinajstić information content (AvgIpc) is 2.63. The fourth-order valence-corrected chi connectivity index (χ4v) is 3.86. The van der Waals surface area contributed by atoms with E-state index in [0.29, 0.717) is 18.9 Å². The zero-order chi connectivity index (χ0) is 19.2. The first-order chi connectivity index (χ1) is 12.4. The molecule has 0 unspecified atom stereocenters. The molecular formula is C16H23N3O6S. The summed E-state index contributed by atoms with van der Waals surface area (Å²) in [6.07, 6.45) is 0. The summed E-state index contributed by atoms with van der Waals surface area (Å²) < 4.78 is 36.3. The molecule has 1 aromatic rings. The van der Waals surface area contributed by atoms with Crippen molar-refractivity contribution in [1.29, 1.82) is 0 Å². The van der Waals surface area contributed by atoms with Crippen molar-refractivity contribution in [1.82, 2.24) is 14.5 Å². The molecule has 2 amide bonds. The Kier molecular flexibility index (Phi) is 6.95. The zero-order valence-electron chi connectivity index (χ0n) is 14.8. The number of sulfonamides is 1. The highest BCUT2D eigenvalue weighted by Gasteiger charge is 2.33. The average molecular weight is 385 g/mol. The second-order valence-electron chi connectivity index (χ2n) is 5.67. The Morgan fingerprint density at radius 2 is 1.88 bits per heavy atom. The highest BCUT2D eigenvalue weighted by molar-refractivity contribution is 7.89. The molecule has 0 saturated carbocycles. The van der Waals surface area contributed by atoms with Gasteiger partial charge >= 0.3 is 0 Å². The molecule has 0 atom stereocenters. The van der Waals surface area contributed by atoms with Gasteiger partial charge < -0.3 is 19.7 Å². The van der Waals surface area contributed by atoms with E-state index in [0.717, 1.165) is 4.31 Å². The lowest BCUT2D eigenvalue weighted by atomic mass is 10.3. The predicted octanol–water partition coefficient (Wildman–Crippen LogP) is -0.709. The van der Waals surface area contributed by atoms with E-state index < -0.39 is 15.9 Å². The first kappa shape index (κ1) is 20.1. The number of benzene rings is 1. The van der Waals surface area contributed by atoms with Gasteiger partial charge in [-0.2, -0.15) is 4.31 Å². The normalized spacial score (nSPS) is 15.8. The van der Waals surface area contributed by atoms with E-state index >= 15 is 0 Å². The topological polar surface area (TPSA) is 105 Å². The fraction of sp³-hybridized carbons (Fsp3) is 0.500. The molecule has 144 valence electrons. The smallest absolute Gasteiger partial charge is 0.243 e. The van der Waals surface area contributed by atoms with Gasteiger partial charge in [0.25, 0.3) is 0 Å². The zero-order valence-corrected chi connectivity index (χ0v) is 15.6. The molecule has 1 aromatic carbocycles. The van der Waals surface area contributed by atoms with Gasteiger partial charge in [-0.3, -0.25) is 9.59 Å². The van der Waals surface area contributed by atoms with Crippen LogP contribution in [0.5, 0.6) is 5.75 Å². The van der Waals surface area contributed by atoms with Gasteiger partial charge in [-0.15, -0.1) is 0 Å². The number of nitrogens with zero attached hydrogens (tertiary/aromatic N) is 2. The molecule has 2 rings (SSSR count). The molecule has 0 radical (unpaired) electrons. The van der Waals surface area contributed by atoms with Crippen LogP contribution in [0, 0.1) is 0 Å². The molecule has 1 saturated heterocycles. The summed E-state index contributed by atoms with van der Waals surface area (Å²) in [4.78, 5) is 25.5. The number of piperazine rings is 1. The van der Waals surface area contributed by atoms with Gasteiger partial charge in [-0.05, 0) is 24.3 Å². The summed E-state index contributed by atoms with van der Waals surface area (Å²) in [7, 11) is -0.757. The summed E-state index contributed by atoms with van der Waals surface area (Å²) in [6, 6.07) is 5.98. The van der Waals surface area contributed by atoms with Gasteiger partial charge in [-0.25, -0.2) is 8.42 Å². The third kappa shape index (κ3) is 4.93. The van der Waals surface area contributed by atoms with E-state index in [1.165, 1.54) is 31.3 Å². The highest BCUT2D eigenvalue weighted by atomic mass is 32.2. The van der Waals surface area contributed by atoms with Gasteiger partial charge in [-0.1, -0.05) is 0 Å². The number of carbonyl (C=O) groups excluding carboxylic acids is 2. The van der Waals surface area contributed by atoms with Crippen LogP contribution in [0.15, 0.2) is 29.2 Å². The van der Waals surface area contributed by atoms with Crippen LogP contribution in [0.25, 0.3) is 0 Å².